The van der Waals surface area contributed by atoms with Crippen LogP contribution in [0.2, 0.25) is 0 Å². The van der Waals surface area contributed by atoms with Gasteiger partial charge in [0, 0.05) is 6.54 Å². The van der Waals surface area contributed by atoms with Crippen LogP contribution in [0.4, 0.5) is 0 Å². The van der Waals surface area contributed by atoms with Crippen LogP contribution in [0.1, 0.15) is 65.5 Å². The number of hydrogen-bond donors (Lipinski definition) is 0. The number of nitrogens with zero attached hydrogens (tertiary/aromatic N) is 1. The first-order valence-electron chi connectivity index (χ1n) is 8.27. The molecule has 1 unspecified atom stereocenters. The molecule has 1 aromatic rings. The number of hydrogen-bond acceptors (Lipinski definition) is 1. The van der Waals surface area contributed by atoms with E-state index in [1.165, 1.54) is 56.4 Å². The van der Waals surface area contributed by atoms with E-state index in [4.69, 9.17) is 0 Å². The molecule has 1 aromatic carbocycles. The molecule has 1 heterocycles. The molecule has 0 amide bonds. The van der Waals surface area contributed by atoms with Crippen molar-refractivity contribution in [1.82, 2.24) is 4.90 Å². The van der Waals surface area contributed by atoms with E-state index < -0.39 is 0 Å². The summed E-state index contributed by atoms with van der Waals surface area (Å²) in [6, 6.07) is 9.27. The lowest BCUT2D eigenvalue weighted by Crippen LogP contribution is -2.34. The molecule has 1 atom stereocenters. The lowest BCUT2D eigenvalue weighted by atomic mass is 9.86. The van der Waals surface area contributed by atoms with Crippen molar-refractivity contribution in [3.8, 4) is 0 Å². The quantitative estimate of drug-likeness (QED) is 0.728. The Morgan fingerprint density at radius 2 is 1.57 bits per heavy atom. The molecule has 21 heavy (non-hydrogen) atoms. The lowest BCUT2D eigenvalue weighted by Gasteiger charge is -2.29. The summed E-state index contributed by atoms with van der Waals surface area (Å²) >= 11 is 0. The second-order valence-corrected chi connectivity index (χ2v) is 7.62. The van der Waals surface area contributed by atoms with Crippen LogP contribution in [0.15, 0.2) is 24.3 Å². The summed E-state index contributed by atoms with van der Waals surface area (Å²) in [7, 11) is 0. The topological polar surface area (TPSA) is 3.24 Å². The largest absolute Gasteiger partial charge is 0.303 e. The molecule has 1 aliphatic heterocycles. The van der Waals surface area contributed by atoms with E-state index in [1.54, 1.807) is 0 Å². The third-order valence-electron chi connectivity index (χ3n) is 4.42. The molecule has 0 saturated carbocycles. The van der Waals surface area contributed by atoms with Crippen LogP contribution in [0, 0.1) is 5.92 Å². The molecule has 1 heteroatoms. The first-order valence-corrected chi connectivity index (χ1v) is 8.27. The van der Waals surface area contributed by atoms with Gasteiger partial charge in [0.15, 0.2) is 0 Å². The van der Waals surface area contributed by atoms with Gasteiger partial charge in [-0.15, -0.1) is 0 Å². The molecule has 0 aliphatic carbocycles. The summed E-state index contributed by atoms with van der Waals surface area (Å²) in [6.07, 6.45) is 5.43. The van der Waals surface area contributed by atoms with Gasteiger partial charge in [0.25, 0.3) is 0 Å². The smallest absolute Gasteiger partial charge is 0.00102 e. The van der Waals surface area contributed by atoms with Crippen molar-refractivity contribution in [3.63, 3.8) is 0 Å². The maximum atomic E-state index is 2.65. The Labute approximate surface area is 132 Å². The predicted octanol–water partition coefficient (Wildman–Crippen LogP) is 5.28. The van der Waals surface area contributed by atoms with E-state index >= 15 is 0 Å². The minimum Gasteiger partial charge on any atom is -0.303 e. The molecule has 2 rings (SSSR count). The SMILES string of the molecule is C.CC(Cc1ccc(C(C)(C)C)cc1)CN1CCCCC1. The van der Waals surface area contributed by atoms with E-state index in [0.29, 0.717) is 0 Å². The van der Waals surface area contributed by atoms with Gasteiger partial charge in [0.1, 0.15) is 0 Å². The van der Waals surface area contributed by atoms with Crippen molar-refractivity contribution in [2.24, 2.45) is 5.92 Å². The van der Waals surface area contributed by atoms with Crippen molar-refractivity contribution in [2.45, 2.75) is 66.2 Å². The Morgan fingerprint density at radius 1 is 1.00 bits per heavy atom. The van der Waals surface area contributed by atoms with Gasteiger partial charge in [0.05, 0.1) is 0 Å². The number of rotatable bonds is 4. The van der Waals surface area contributed by atoms with Crippen LogP contribution in [-0.4, -0.2) is 24.5 Å². The summed E-state index contributed by atoms with van der Waals surface area (Å²) in [6.45, 7) is 13.1. The number of piperidine rings is 1. The standard InChI is InChI=1S/C19H31N.CH4/c1-16(15-20-12-6-5-7-13-20)14-17-8-10-18(11-9-17)19(2,3)4;/h8-11,16H,5-7,12-15H2,1-4H3;1H4. The molecule has 120 valence electrons. The van der Waals surface area contributed by atoms with Crippen LogP contribution < -0.4 is 0 Å². The minimum absolute atomic E-state index is 0. The average molecular weight is 290 g/mol. The van der Waals surface area contributed by atoms with Crippen molar-refractivity contribution in [3.05, 3.63) is 35.4 Å². The third-order valence-corrected chi connectivity index (χ3v) is 4.42. The van der Waals surface area contributed by atoms with Crippen LogP contribution in [0.25, 0.3) is 0 Å². The summed E-state index contributed by atoms with van der Waals surface area (Å²) in [5.41, 5.74) is 3.19. The molecular weight excluding hydrogens is 254 g/mol. The Balaban J connectivity index is 0.00000220. The maximum absolute atomic E-state index is 2.65. The lowest BCUT2D eigenvalue weighted by molar-refractivity contribution is 0.200. The Hall–Kier alpha value is -0.820. The highest BCUT2D eigenvalue weighted by atomic mass is 15.1. The molecule has 0 bridgehead atoms. The van der Waals surface area contributed by atoms with E-state index in [2.05, 4.69) is 56.9 Å². The first-order chi connectivity index (χ1) is 9.45. The molecule has 0 spiro atoms. The van der Waals surface area contributed by atoms with Gasteiger partial charge < -0.3 is 4.90 Å². The van der Waals surface area contributed by atoms with Crippen LogP contribution in [0.5, 0.6) is 0 Å². The predicted molar refractivity (Wildman–Crippen MR) is 95.0 cm³/mol. The maximum Gasteiger partial charge on any atom is 0.00102 e. The second-order valence-electron chi connectivity index (χ2n) is 7.62. The number of likely N-dealkylation sites (tertiary alicyclic amines) is 1. The monoisotopic (exact) mass is 289 g/mol. The molecule has 0 radical (unpaired) electrons. The van der Waals surface area contributed by atoms with Crippen molar-refractivity contribution in [1.29, 1.82) is 0 Å². The molecular formula is C20H35N. The van der Waals surface area contributed by atoms with Crippen molar-refractivity contribution >= 4 is 0 Å². The van der Waals surface area contributed by atoms with Gasteiger partial charge >= 0.3 is 0 Å². The van der Waals surface area contributed by atoms with E-state index in [0.717, 1.165) is 5.92 Å². The molecule has 0 N–H and O–H groups in total. The molecule has 0 aromatic heterocycles. The Morgan fingerprint density at radius 3 is 2.10 bits per heavy atom. The zero-order valence-electron chi connectivity index (χ0n) is 13.8. The summed E-state index contributed by atoms with van der Waals surface area (Å²) in [5.74, 6) is 0.758. The van der Waals surface area contributed by atoms with E-state index in [-0.39, 0.29) is 12.8 Å². The average Bonchev–Trinajstić information content (AvgIpc) is 2.39. The number of benzene rings is 1. The Bertz CT molecular complexity index is 393. The fraction of sp³-hybridized carbons (Fsp3) is 0.700. The third kappa shape index (κ3) is 5.82. The second kappa shape index (κ2) is 7.98. The molecule has 1 nitrogen and oxygen atoms in total. The highest BCUT2D eigenvalue weighted by molar-refractivity contribution is 5.27. The summed E-state index contributed by atoms with van der Waals surface area (Å²) < 4.78 is 0. The van der Waals surface area contributed by atoms with E-state index in [9.17, 15) is 0 Å². The van der Waals surface area contributed by atoms with Gasteiger partial charge in [-0.2, -0.15) is 0 Å². The van der Waals surface area contributed by atoms with Crippen molar-refractivity contribution < 1.29 is 0 Å². The first kappa shape index (κ1) is 18.2. The zero-order chi connectivity index (χ0) is 14.6. The van der Waals surface area contributed by atoms with Gasteiger partial charge in [0.2, 0.25) is 0 Å². The van der Waals surface area contributed by atoms with Crippen LogP contribution in [0.3, 0.4) is 0 Å². The van der Waals surface area contributed by atoms with E-state index in [1.807, 2.05) is 0 Å². The Kier molecular flexibility index (Phi) is 6.93. The highest BCUT2D eigenvalue weighted by Crippen LogP contribution is 2.23. The minimum atomic E-state index is 0. The fourth-order valence-corrected chi connectivity index (χ4v) is 3.19. The molecule has 1 saturated heterocycles. The molecule has 1 aliphatic rings. The van der Waals surface area contributed by atoms with Crippen molar-refractivity contribution in [2.75, 3.05) is 19.6 Å². The normalized spacial score (nSPS) is 18.1. The zero-order valence-corrected chi connectivity index (χ0v) is 13.8. The van der Waals surface area contributed by atoms with Gasteiger partial charge in [-0.1, -0.05) is 65.8 Å². The van der Waals surface area contributed by atoms with Gasteiger partial charge in [-0.05, 0) is 54.8 Å². The fourth-order valence-electron chi connectivity index (χ4n) is 3.19. The highest BCUT2D eigenvalue weighted by Gasteiger charge is 2.15. The molecule has 1 fully saturated rings. The van der Waals surface area contributed by atoms with Crippen LogP contribution >= 0.6 is 0 Å². The summed E-state index contributed by atoms with van der Waals surface area (Å²) in [5, 5.41) is 0. The summed E-state index contributed by atoms with van der Waals surface area (Å²) in [4.78, 5) is 2.65. The van der Waals surface area contributed by atoms with Crippen LogP contribution in [-0.2, 0) is 11.8 Å². The van der Waals surface area contributed by atoms with Gasteiger partial charge in [-0.25, -0.2) is 0 Å². The van der Waals surface area contributed by atoms with Gasteiger partial charge in [-0.3, -0.25) is 0 Å².